The number of aliphatic imine (C=N–C) groups is 1. The highest BCUT2D eigenvalue weighted by atomic mass is 127. The van der Waals surface area contributed by atoms with Crippen LogP contribution in [-0.2, 0) is 4.74 Å². The first-order valence-electron chi connectivity index (χ1n) is 9.04. The van der Waals surface area contributed by atoms with Gasteiger partial charge in [-0.3, -0.25) is 9.89 Å². The lowest BCUT2D eigenvalue weighted by atomic mass is 9.73. The summed E-state index contributed by atoms with van der Waals surface area (Å²) >= 11 is 0. The smallest absolute Gasteiger partial charge is 0.194 e. The minimum atomic E-state index is 0. The van der Waals surface area contributed by atoms with Crippen LogP contribution in [0.4, 0.5) is 5.82 Å². The van der Waals surface area contributed by atoms with Crippen LogP contribution in [0.1, 0.15) is 32.1 Å². The molecule has 0 spiro atoms. The third-order valence-corrected chi connectivity index (χ3v) is 5.08. The zero-order chi connectivity index (χ0) is 16.7. The summed E-state index contributed by atoms with van der Waals surface area (Å²) in [7, 11) is 0. The quantitative estimate of drug-likeness (QED) is 0.403. The molecule has 0 amide bonds. The lowest BCUT2D eigenvalue weighted by Crippen LogP contribution is -2.46. The fourth-order valence-electron chi connectivity index (χ4n) is 3.76. The number of rotatable bonds is 5. The molecule has 1 aromatic heterocycles. The first-order valence-corrected chi connectivity index (χ1v) is 9.04. The molecule has 3 rings (SSSR count). The highest BCUT2D eigenvalue weighted by Gasteiger charge is 2.34. The van der Waals surface area contributed by atoms with Gasteiger partial charge in [0.15, 0.2) is 5.96 Å². The van der Waals surface area contributed by atoms with Crippen molar-refractivity contribution in [2.45, 2.75) is 32.1 Å². The molecule has 3 N–H and O–H groups in total. The van der Waals surface area contributed by atoms with Gasteiger partial charge in [0, 0.05) is 37.8 Å². The van der Waals surface area contributed by atoms with Crippen molar-refractivity contribution in [1.29, 1.82) is 0 Å². The number of hydrogen-bond donors (Lipinski definition) is 2. The summed E-state index contributed by atoms with van der Waals surface area (Å²) in [5.41, 5.74) is 6.34. The number of ether oxygens (including phenoxy) is 1. The lowest BCUT2D eigenvalue weighted by Gasteiger charge is -2.41. The Morgan fingerprint density at radius 2 is 2.00 bits per heavy atom. The maximum Gasteiger partial charge on any atom is 0.194 e. The van der Waals surface area contributed by atoms with Crippen molar-refractivity contribution in [1.82, 2.24) is 9.88 Å². The van der Waals surface area contributed by atoms with Crippen LogP contribution in [0.15, 0.2) is 29.4 Å². The van der Waals surface area contributed by atoms with E-state index in [1.165, 1.54) is 32.1 Å². The van der Waals surface area contributed by atoms with E-state index in [9.17, 15) is 0 Å². The average Bonchev–Trinajstić information content (AvgIpc) is 2.63. The number of pyridine rings is 1. The number of aromatic nitrogens is 1. The van der Waals surface area contributed by atoms with Crippen molar-refractivity contribution >= 4 is 35.8 Å². The number of morpholine rings is 1. The Kier molecular flexibility index (Phi) is 8.38. The van der Waals surface area contributed by atoms with Crippen LogP contribution in [0.2, 0.25) is 0 Å². The number of nitrogens with zero attached hydrogens (tertiary/aromatic N) is 3. The molecular formula is C18H30IN5O. The van der Waals surface area contributed by atoms with Crippen LogP contribution in [0.25, 0.3) is 0 Å². The second-order valence-corrected chi connectivity index (χ2v) is 6.99. The molecule has 25 heavy (non-hydrogen) atoms. The number of anilines is 1. The second kappa shape index (κ2) is 10.3. The molecule has 140 valence electrons. The molecule has 1 aliphatic heterocycles. The zero-order valence-electron chi connectivity index (χ0n) is 14.8. The normalized spacial score (nSPS) is 21.4. The van der Waals surface area contributed by atoms with Gasteiger partial charge in [0.2, 0.25) is 0 Å². The van der Waals surface area contributed by atoms with Crippen molar-refractivity contribution in [3.8, 4) is 0 Å². The summed E-state index contributed by atoms with van der Waals surface area (Å²) in [6.07, 6.45) is 8.17. The van der Waals surface area contributed by atoms with Crippen LogP contribution in [0.5, 0.6) is 0 Å². The minimum Gasteiger partial charge on any atom is -0.379 e. The van der Waals surface area contributed by atoms with Gasteiger partial charge in [-0.05, 0) is 25.0 Å². The molecular weight excluding hydrogens is 429 g/mol. The molecule has 2 aliphatic rings. The molecule has 0 radical (unpaired) electrons. The Bertz CT molecular complexity index is 528. The van der Waals surface area contributed by atoms with Gasteiger partial charge >= 0.3 is 0 Å². The Hall–Kier alpha value is -0.930. The van der Waals surface area contributed by atoms with Crippen molar-refractivity contribution in [2.24, 2.45) is 16.1 Å². The van der Waals surface area contributed by atoms with Crippen LogP contribution in [0, 0.1) is 5.41 Å². The first kappa shape index (κ1) is 20.4. The van der Waals surface area contributed by atoms with Gasteiger partial charge < -0.3 is 15.8 Å². The molecule has 6 nitrogen and oxygen atoms in total. The lowest BCUT2D eigenvalue weighted by molar-refractivity contribution is 0.00940. The maximum absolute atomic E-state index is 6.08. The monoisotopic (exact) mass is 459 g/mol. The van der Waals surface area contributed by atoms with Gasteiger partial charge in [-0.2, -0.15) is 0 Å². The van der Waals surface area contributed by atoms with Gasteiger partial charge in [0.25, 0.3) is 0 Å². The third kappa shape index (κ3) is 6.38. The number of nitrogens with one attached hydrogen (secondary N) is 1. The maximum atomic E-state index is 6.08. The van der Waals surface area contributed by atoms with E-state index in [1.54, 1.807) is 6.20 Å². The number of halogens is 1. The first-order chi connectivity index (χ1) is 11.8. The fourth-order valence-corrected chi connectivity index (χ4v) is 3.76. The summed E-state index contributed by atoms with van der Waals surface area (Å²) in [4.78, 5) is 11.4. The highest BCUT2D eigenvalue weighted by molar-refractivity contribution is 14.0. The van der Waals surface area contributed by atoms with Crippen LogP contribution in [0.3, 0.4) is 0 Å². The molecule has 2 heterocycles. The van der Waals surface area contributed by atoms with Crippen molar-refractivity contribution in [2.75, 3.05) is 44.7 Å². The van der Waals surface area contributed by atoms with E-state index in [1.807, 2.05) is 18.2 Å². The Labute approximate surface area is 167 Å². The minimum absolute atomic E-state index is 0. The topological polar surface area (TPSA) is 75.8 Å². The Morgan fingerprint density at radius 3 is 2.68 bits per heavy atom. The third-order valence-electron chi connectivity index (χ3n) is 5.08. The van der Waals surface area contributed by atoms with E-state index in [-0.39, 0.29) is 29.4 Å². The molecule has 7 heteroatoms. The summed E-state index contributed by atoms with van der Waals surface area (Å²) < 4.78 is 5.48. The van der Waals surface area contributed by atoms with E-state index >= 15 is 0 Å². The molecule has 0 atom stereocenters. The van der Waals surface area contributed by atoms with Gasteiger partial charge in [0.05, 0.1) is 13.2 Å². The van der Waals surface area contributed by atoms with Crippen molar-refractivity contribution in [3.05, 3.63) is 24.4 Å². The molecule has 0 aromatic carbocycles. The van der Waals surface area contributed by atoms with Crippen molar-refractivity contribution in [3.63, 3.8) is 0 Å². The SMILES string of the molecule is I.NC(=NCC1(CN2CCOCC2)CCCCC1)Nc1ccccn1. The second-order valence-electron chi connectivity index (χ2n) is 6.99. The Morgan fingerprint density at radius 1 is 1.24 bits per heavy atom. The fraction of sp³-hybridized carbons (Fsp3) is 0.667. The van der Waals surface area contributed by atoms with E-state index in [0.717, 1.165) is 45.2 Å². The standard InChI is InChI=1S/C18H29N5O.HI/c19-17(22-16-6-2-5-9-20-16)21-14-18(7-3-1-4-8-18)15-23-10-12-24-13-11-23;/h2,5-6,9H,1,3-4,7-8,10-15H2,(H3,19,20,21,22);1H. The van der Waals surface area contributed by atoms with E-state index in [4.69, 9.17) is 10.5 Å². The molecule has 0 unspecified atom stereocenters. The highest BCUT2D eigenvalue weighted by Crippen LogP contribution is 2.37. The average molecular weight is 459 g/mol. The summed E-state index contributed by atoms with van der Waals surface area (Å²) in [6.45, 7) is 5.67. The number of nitrogens with two attached hydrogens (primary N) is 1. The molecule has 1 saturated heterocycles. The molecule has 0 bridgehead atoms. The largest absolute Gasteiger partial charge is 0.379 e. The van der Waals surface area contributed by atoms with E-state index in [0.29, 0.717) is 5.96 Å². The molecule has 1 saturated carbocycles. The summed E-state index contributed by atoms with van der Waals surface area (Å²) in [5, 5.41) is 3.09. The summed E-state index contributed by atoms with van der Waals surface area (Å²) in [6, 6.07) is 5.72. The predicted molar refractivity (Wildman–Crippen MR) is 113 cm³/mol. The van der Waals surface area contributed by atoms with Crippen LogP contribution >= 0.6 is 24.0 Å². The predicted octanol–water partition coefficient (Wildman–Crippen LogP) is 2.71. The van der Waals surface area contributed by atoms with Crippen LogP contribution in [-0.4, -0.2) is 55.2 Å². The zero-order valence-corrected chi connectivity index (χ0v) is 17.2. The van der Waals surface area contributed by atoms with Gasteiger partial charge in [-0.25, -0.2) is 4.98 Å². The van der Waals surface area contributed by atoms with Gasteiger partial charge in [-0.1, -0.05) is 25.3 Å². The number of guanidine groups is 1. The number of hydrogen-bond acceptors (Lipinski definition) is 4. The molecule has 2 fully saturated rings. The molecule has 1 aliphatic carbocycles. The molecule has 1 aromatic rings. The Balaban J connectivity index is 0.00000225. The van der Waals surface area contributed by atoms with Crippen molar-refractivity contribution < 1.29 is 4.74 Å². The summed E-state index contributed by atoms with van der Waals surface area (Å²) in [5.74, 6) is 1.20. The van der Waals surface area contributed by atoms with Gasteiger partial charge in [-0.15, -0.1) is 24.0 Å². The van der Waals surface area contributed by atoms with Gasteiger partial charge in [0.1, 0.15) is 5.82 Å². The van der Waals surface area contributed by atoms with E-state index < -0.39 is 0 Å². The van der Waals surface area contributed by atoms with E-state index in [2.05, 4.69) is 20.2 Å². The van der Waals surface area contributed by atoms with Crippen LogP contribution < -0.4 is 11.1 Å².